The summed E-state index contributed by atoms with van der Waals surface area (Å²) in [6.45, 7) is 0.836. The fourth-order valence-electron chi connectivity index (χ4n) is 2.74. The molecule has 0 bridgehead atoms. The Labute approximate surface area is 180 Å². The zero-order valence-corrected chi connectivity index (χ0v) is 17.5. The summed E-state index contributed by atoms with van der Waals surface area (Å²) in [6, 6.07) is 8.76. The van der Waals surface area contributed by atoms with Gasteiger partial charge in [0.25, 0.3) is 10.1 Å². The third-order valence-electron chi connectivity index (χ3n) is 4.27. The Hall–Kier alpha value is -2.60. The van der Waals surface area contributed by atoms with E-state index in [0.29, 0.717) is 24.0 Å². The second kappa shape index (κ2) is 9.49. The molecule has 0 fully saturated rings. The largest absolute Gasteiger partial charge is 0.461 e. The first-order valence-electron chi connectivity index (χ1n) is 8.96. The zero-order valence-electron chi connectivity index (χ0n) is 16.7. The minimum Gasteiger partial charge on any atom is -0.461 e. The van der Waals surface area contributed by atoms with Crippen LogP contribution in [-0.4, -0.2) is 20.6 Å². The number of ether oxygens (including phenoxy) is 1. The lowest BCUT2D eigenvalue weighted by Gasteiger charge is -2.24. The lowest BCUT2D eigenvalue weighted by Crippen LogP contribution is -2.26. The van der Waals surface area contributed by atoms with Gasteiger partial charge in [-0.1, -0.05) is 30.3 Å². The molecule has 2 aromatic rings. The van der Waals surface area contributed by atoms with Crippen LogP contribution < -0.4 is 0 Å². The SMILES string of the molecule is C[C@H](C(=O)OCc1ccccc1)[C@H](OS(C)(=O)=O)c1cc(C(F)(F)F)cc(C(F)(F)F)c1. The van der Waals surface area contributed by atoms with Gasteiger partial charge in [-0.25, -0.2) is 0 Å². The lowest BCUT2D eigenvalue weighted by atomic mass is 9.94. The Morgan fingerprint density at radius 3 is 1.88 bits per heavy atom. The molecule has 0 amide bonds. The van der Waals surface area contributed by atoms with E-state index >= 15 is 0 Å². The molecule has 0 aromatic heterocycles. The molecule has 0 saturated carbocycles. The van der Waals surface area contributed by atoms with Crippen LogP contribution in [0.2, 0.25) is 0 Å². The Kier molecular flexibility index (Phi) is 7.61. The lowest BCUT2D eigenvalue weighted by molar-refractivity contribution is -0.152. The van der Waals surface area contributed by atoms with E-state index in [1.807, 2.05) is 0 Å². The third-order valence-corrected chi connectivity index (χ3v) is 4.82. The summed E-state index contributed by atoms with van der Waals surface area (Å²) in [4.78, 5) is 12.4. The van der Waals surface area contributed by atoms with Crippen LogP contribution in [0.4, 0.5) is 26.3 Å². The van der Waals surface area contributed by atoms with Crippen molar-refractivity contribution in [1.82, 2.24) is 0 Å². The predicted octanol–water partition coefficient (Wildman–Crippen LogP) is 5.12. The molecular formula is C20H18F6O5S. The van der Waals surface area contributed by atoms with Gasteiger partial charge in [0.2, 0.25) is 0 Å². The summed E-state index contributed by atoms with van der Waals surface area (Å²) < 4.78 is 112. The Morgan fingerprint density at radius 1 is 0.938 bits per heavy atom. The highest BCUT2D eigenvalue weighted by Gasteiger charge is 2.39. The molecule has 2 rings (SSSR count). The summed E-state index contributed by atoms with van der Waals surface area (Å²) in [7, 11) is -4.38. The standard InChI is InChI=1S/C20H18F6O5S/c1-12(18(27)30-11-13-6-4-3-5-7-13)17(31-32(2,28)29)14-8-15(19(21,22)23)10-16(9-14)20(24,25)26/h3-10,12,17H,11H2,1-2H3/t12-,17-/m0/s1. The van der Waals surface area contributed by atoms with Gasteiger partial charge in [-0.3, -0.25) is 8.98 Å². The second-order valence-electron chi connectivity index (χ2n) is 6.94. The maximum Gasteiger partial charge on any atom is 0.416 e. The molecule has 5 nitrogen and oxygen atoms in total. The summed E-state index contributed by atoms with van der Waals surface area (Å²) >= 11 is 0. The molecular weight excluding hydrogens is 466 g/mol. The van der Waals surface area contributed by atoms with E-state index in [4.69, 9.17) is 8.92 Å². The predicted molar refractivity (Wildman–Crippen MR) is 101 cm³/mol. The van der Waals surface area contributed by atoms with Gasteiger partial charge in [0.15, 0.2) is 0 Å². The van der Waals surface area contributed by atoms with Gasteiger partial charge in [0, 0.05) is 0 Å². The van der Waals surface area contributed by atoms with Gasteiger partial charge in [-0.05, 0) is 36.2 Å². The van der Waals surface area contributed by atoms with Crippen molar-refractivity contribution in [3.8, 4) is 0 Å². The number of carbonyl (C=O) groups is 1. The quantitative estimate of drug-likeness (QED) is 0.310. The van der Waals surface area contributed by atoms with Crippen molar-refractivity contribution < 1.29 is 48.5 Å². The minimum atomic E-state index is -5.16. The van der Waals surface area contributed by atoms with Crippen LogP contribution in [0.25, 0.3) is 0 Å². The number of benzene rings is 2. The van der Waals surface area contributed by atoms with Crippen molar-refractivity contribution >= 4 is 16.1 Å². The van der Waals surface area contributed by atoms with E-state index < -0.39 is 57.2 Å². The zero-order chi connectivity index (χ0) is 24.3. The van der Waals surface area contributed by atoms with Crippen molar-refractivity contribution in [2.75, 3.05) is 6.26 Å². The molecule has 176 valence electrons. The number of carbonyl (C=O) groups excluding carboxylic acids is 1. The van der Waals surface area contributed by atoms with Gasteiger partial charge in [-0.2, -0.15) is 34.8 Å². The van der Waals surface area contributed by atoms with Crippen LogP contribution in [0.1, 0.15) is 35.3 Å². The molecule has 0 N–H and O–H groups in total. The maximum absolute atomic E-state index is 13.2. The highest BCUT2D eigenvalue weighted by atomic mass is 32.2. The minimum absolute atomic E-state index is 0.112. The Morgan fingerprint density at radius 2 is 1.44 bits per heavy atom. The highest BCUT2D eigenvalue weighted by Crippen LogP contribution is 2.39. The molecule has 0 saturated heterocycles. The monoisotopic (exact) mass is 484 g/mol. The van der Waals surface area contributed by atoms with Crippen LogP contribution in [0.15, 0.2) is 48.5 Å². The van der Waals surface area contributed by atoms with Crippen molar-refractivity contribution in [2.24, 2.45) is 5.92 Å². The van der Waals surface area contributed by atoms with Crippen LogP contribution in [0, 0.1) is 5.92 Å². The van der Waals surface area contributed by atoms with E-state index in [9.17, 15) is 39.6 Å². The van der Waals surface area contributed by atoms with E-state index in [2.05, 4.69) is 0 Å². The van der Waals surface area contributed by atoms with Gasteiger partial charge in [0.05, 0.1) is 23.3 Å². The molecule has 2 aromatic carbocycles. The smallest absolute Gasteiger partial charge is 0.416 e. The third kappa shape index (κ3) is 7.23. The first kappa shape index (κ1) is 25.7. The summed E-state index contributed by atoms with van der Waals surface area (Å²) in [5, 5.41) is 0. The average Bonchev–Trinajstić information content (AvgIpc) is 2.68. The summed E-state index contributed by atoms with van der Waals surface area (Å²) in [6.07, 6.45) is -11.8. The number of hydrogen-bond acceptors (Lipinski definition) is 5. The van der Waals surface area contributed by atoms with Gasteiger partial charge < -0.3 is 4.74 Å². The molecule has 0 aliphatic heterocycles. The molecule has 0 unspecified atom stereocenters. The fraction of sp³-hybridized carbons (Fsp3) is 0.350. The molecule has 0 aliphatic rings. The van der Waals surface area contributed by atoms with Gasteiger partial charge in [0.1, 0.15) is 12.7 Å². The maximum atomic E-state index is 13.2. The summed E-state index contributed by atoms with van der Waals surface area (Å²) in [5.41, 5.74) is -3.57. The van der Waals surface area contributed by atoms with E-state index in [-0.39, 0.29) is 12.7 Å². The first-order chi connectivity index (χ1) is 14.6. The topological polar surface area (TPSA) is 69.7 Å². The molecule has 0 heterocycles. The molecule has 0 aliphatic carbocycles. The number of halogens is 6. The van der Waals surface area contributed by atoms with Crippen molar-refractivity contribution in [1.29, 1.82) is 0 Å². The molecule has 0 spiro atoms. The summed E-state index contributed by atoms with van der Waals surface area (Å²) in [5.74, 6) is -2.63. The highest BCUT2D eigenvalue weighted by molar-refractivity contribution is 7.86. The fourth-order valence-corrected chi connectivity index (χ4v) is 3.40. The van der Waals surface area contributed by atoms with E-state index in [1.165, 1.54) is 0 Å². The van der Waals surface area contributed by atoms with Crippen LogP contribution in [0.3, 0.4) is 0 Å². The van der Waals surface area contributed by atoms with Crippen LogP contribution in [-0.2, 0) is 42.8 Å². The Balaban J connectivity index is 2.46. The molecule has 2 atom stereocenters. The second-order valence-corrected chi connectivity index (χ2v) is 8.54. The van der Waals surface area contributed by atoms with Crippen LogP contribution >= 0.6 is 0 Å². The first-order valence-corrected chi connectivity index (χ1v) is 10.8. The van der Waals surface area contributed by atoms with E-state index in [1.54, 1.807) is 30.3 Å². The van der Waals surface area contributed by atoms with Crippen LogP contribution in [0.5, 0.6) is 0 Å². The van der Waals surface area contributed by atoms with Gasteiger partial charge in [-0.15, -0.1) is 0 Å². The van der Waals surface area contributed by atoms with Gasteiger partial charge >= 0.3 is 18.3 Å². The number of hydrogen-bond donors (Lipinski definition) is 0. The van der Waals surface area contributed by atoms with Crippen molar-refractivity contribution in [2.45, 2.75) is 32.0 Å². The Bertz CT molecular complexity index is 1020. The average molecular weight is 484 g/mol. The molecule has 0 radical (unpaired) electrons. The molecule has 12 heteroatoms. The van der Waals surface area contributed by atoms with E-state index in [0.717, 1.165) is 6.92 Å². The normalized spacial score (nSPS) is 14.6. The molecule has 32 heavy (non-hydrogen) atoms. The van der Waals surface area contributed by atoms with Crippen molar-refractivity contribution in [3.05, 3.63) is 70.8 Å². The number of esters is 1. The number of rotatable bonds is 7. The number of alkyl halides is 6. The van der Waals surface area contributed by atoms with Crippen molar-refractivity contribution in [3.63, 3.8) is 0 Å².